The van der Waals surface area contributed by atoms with Crippen molar-refractivity contribution in [2.75, 3.05) is 11.5 Å². The number of hydrogen-bond acceptors (Lipinski definition) is 6. The molecular formula is C30H25N3O5. The Morgan fingerprint density at radius 3 is 2.74 bits per heavy atom. The summed E-state index contributed by atoms with van der Waals surface area (Å²) in [4.78, 5) is 32.2. The monoisotopic (exact) mass is 507 g/mol. The van der Waals surface area contributed by atoms with Crippen LogP contribution in [0.1, 0.15) is 25.3 Å². The number of anilines is 1. The lowest BCUT2D eigenvalue weighted by Crippen LogP contribution is -2.49. The molecule has 4 aromatic rings. The van der Waals surface area contributed by atoms with E-state index in [4.69, 9.17) is 9.47 Å². The first-order valence-corrected chi connectivity index (χ1v) is 12.7. The van der Waals surface area contributed by atoms with Crippen LogP contribution in [0.2, 0.25) is 0 Å². The Bertz CT molecular complexity index is 1690. The SMILES string of the molecule is CC12OC(CCOc3cccc4[nH]ccc34)(CC1O)C1C(=O)N(c3ccc4ccccc4c3C#N)C(=O)C12. The number of imide groups is 1. The fourth-order valence-electron chi connectivity index (χ4n) is 6.94. The number of H-pyrrole nitrogens is 1. The van der Waals surface area contributed by atoms with Crippen LogP contribution in [-0.4, -0.2) is 45.8 Å². The van der Waals surface area contributed by atoms with Gasteiger partial charge in [0.25, 0.3) is 0 Å². The Hall–Kier alpha value is -4.19. The smallest absolute Gasteiger partial charge is 0.240 e. The molecule has 2 bridgehead atoms. The summed E-state index contributed by atoms with van der Waals surface area (Å²) >= 11 is 0. The molecule has 38 heavy (non-hydrogen) atoms. The molecule has 4 heterocycles. The maximum Gasteiger partial charge on any atom is 0.240 e. The van der Waals surface area contributed by atoms with Crippen LogP contribution in [0.4, 0.5) is 5.69 Å². The van der Waals surface area contributed by atoms with E-state index in [1.807, 2.05) is 60.8 Å². The summed E-state index contributed by atoms with van der Waals surface area (Å²) in [6.45, 7) is 1.96. The van der Waals surface area contributed by atoms with E-state index in [0.717, 1.165) is 21.2 Å². The highest BCUT2D eigenvalue weighted by Gasteiger charge is 2.77. The van der Waals surface area contributed by atoms with Gasteiger partial charge in [-0.25, -0.2) is 4.90 Å². The van der Waals surface area contributed by atoms with E-state index in [1.165, 1.54) is 0 Å². The maximum absolute atomic E-state index is 14.0. The standard InChI is InChI=1S/C30H25N3O5/c1-29-24(34)15-30(38-29,12-14-37-23-8-4-7-21-19(23)11-13-32-21)26-25(29)27(35)33(28(26)36)22-10-9-17-5-2-3-6-18(17)20(22)16-31/h2-11,13,24-26,32,34H,12,14-15H2,1H3. The largest absolute Gasteiger partial charge is 0.493 e. The lowest BCUT2D eigenvalue weighted by Gasteiger charge is -2.33. The molecule has 2 amide bonds. The van der Waals surface area contributed by atoms with Crippen molar-refractivity contribution in [1.82, 2.24) is 4.98 Å². The van der Waals surface area contributed by atoms with Crippen molar-refractivity contribution in [3.05, 3.63) is 72.4 Å². The van der Waals surface area contributed by atoms with Crippen LogP contribution in [-0.2, 0) is 14.3 Å². The molecule has 3 saturated heterocycles. The third-order valence-corrected chi connectivity index (χ3v) is 8.71. The van der Waals surface area contributed by atoms with E-state index < -0.39 is 41.0 Å². The Balaban J connectivity index is 1.24. The highest BCUT2D eigenvalue weighted by molar-refractivity contribution is 6.24. The summed E-state index contributed by atoms with van der Waals surface area (Å²) < 4.78 is 12.5. The number of rotatable bonds is 5. The zero-order valence-corrected chi connectivity index (χ0v) is 20.7. The van der Waals surface area contributed by atoms with Crippen LogP contribution in [0.15, 0.2) is 66.9 Å². The fourth-order valence-corrected chi connectivity index (χ4v) is 6.94. The van der Waals surface area contributed by atoms with Gasteiger partial charge in [0.1, 0.15) is 17.4 Å². The normalized spacial score (nSPS) is 29.8. The minimum atomic E-state index is -1.20. The van der Waals surface area contributed by atoms with Gasteiger partial charge in [-0.1, -0.05) is 36.4 Å². The zero-order valence-electron chi connectivity index (χ0n) is 20.7. The average molecular weight is 508 g/mol. The first kappa shape index (κ1) is 23.0. The molecule has 8 nitrogen and oxygen atoms in total. The molecule has 7 rings (SSSR count). The predicted octanol–water partition coefficient (Wildman–Crippen LogP) is 4.06. The predicted molar refractivity (Wildman–Crippen MR) is 139 cm³/mol. The minimum Gasteiger partial charge on any atom is -0.493 e. The number of carbonyl (C=O) groups excluding carboxylic acids is 2. The Morgan fingerprint density at radius 1 is 1.08 bits per heavy atom. The van der Waals surface area contributed by atoms with Gasteiger partial charge in [0.2, 0.25) is 11.8 Å². The van der Waals surface area contributed by atoms with E-state index in [1.54, 1.807) is 13.0 Å². The quantitative estimate of drug-likeness (QED) is 0.394. The van der Waals surface area contributed by atoms with E-state index in [2.05, 4.69) is 11.1 Å². The molecule has 2 N–H and O–H groups in total. The molecule has 3 aliphatic heterocycles. The number of aliphatic hydroxyl groups is 1. The average Bonchev–Trinajstić information content (AvgIpc) is 3.63. The first-order valence-electron chi connectivity index (χ1n) is 12.7. The van der Waals surface area contributed by atoms with Crippen LogP contribution < -0.4 is 9.64 Å². The molecule has 190 valence electrons. The fraction of sp³-hybridized carbons (Fsp3) is 0.300. The van der Waals surface area contributed by atoms with E-state index in [0.29, 0.717) is 17.6 Å². The molecule has 0 spiro atoms. The van der Waals surface area contributed by atoms with Crippen LogP contribution in [0.3, 0.4) is 0 Å². The number of hydrogen-bond donors (Lipinski definition) is 2. The lowest BCUT2D eigenvalue weighted by atomic mass is 9.66. The third-order valence-electron chi connectivity index (χ3n) is 8.71. The van der Waals surface area contributed by atoms with Crippen molar-refractivity contribution >= 4 is 39.2 Å². The van der Waals surface area contributed by atoms with Gasteiger partial charge in [-0.05, 0) is 36.6 Å². The Kier molecular flexibility index (Phi) is 4.78. The number of nitrogens with zero attached hydrogens (tertiary/aromatic N) is 2. The van der Waals surface area contributed by atoms with Crippen LogP contribution >= 0.6 is 0 Å². The number of carbonyl (C=O) groups is 2. The molecule has 0 aliphatic carbocycles. The Morgan fingerprint density at radius 2 is 1.89 bits per heavy atom. The molecule has 0 radical (unpaired) electrons. The van der Waals surface area contributed by atoms with Crippen molar-refractivity contribution in [3.8, 4) is 11.8 Å². The molecule has 3 fully saturated rings. The number of nitrogens with one attached hydrogen (secondary N) is 1. The van der Waals surface area contributed by atoms with Crippen molar-refractivity contribution in [1.29, 1.82) is 5.26 Å². The summed E-state index contributed by atoms with van der Waals surface area (Å²) in [6.07, 6.45) is 1.51. The van der Waals surface area contributed by atoms with Crippen molar-refractivity contribution in [3.63, 3.8) is 0 Å². The van der Waals surface area contributed by atoms with Gasteiger partial charge in [0, 0.05) is 35.3 Å². The molecule has 0 saturated carbocycles. The van der Waals surface area contributed by atoms with Gasteiger partial charge in [-0.3, -0.25) is 9.59 Å². The zero-order chi connectivity index (χ0) is 26.2. The van der Waals surface area contributed by atoms with Gasteiger partial charge in [0.15, 0.2) is 0 Å². The van der Waals surface area contributed by atoms with Crippen LogP contribution in [0.25, 0.3) is 21.7 Å². The first-order chi connectivity index (χ1) is 18.4. The highest BCUT2D eigenvalue weighted by atomic mass is 16.6. The number of amides is 2. The van der Waals surface area contributed by atoms with Crippen molar-refractivity contribution in [2.45, 2.75) is 37.1 Å². The van der Waals surface area contributed by atoms with Crippen LogP contribution in [0, 0.1) is 23.2 Å². The number of aromatic nitrogens is 1. The molecule has 5 unspecified atom stereocenters. The van der Waals surface area contributed by atoms with Gasteiger partial charge in [0.05, 0.1) is 41.4 Å². The second-order valence-electron chi connectivity index (χ2n) is 10.6. The van der Waals surface area contributed by atoms with Gasteiger partial charge in [-0.2, -0.15) is 5.26 Å². The summed E-state index contributed by atoms with van der Waals surface area (Å²) in [7, 11) is 0. The molecular weight excluding hydrogens is 482 g/mol. The van der Waals surface area contributed by atoms with E-state index in [-0.39, 0.29) is 24.3 Å². The molecule has 5 atom stereocenters. The number of fused-ring (bicyclic) bond motifs is 7. The van der Waals surface area contributed by atoms with Gasteiger partial charge < -0.3 is 19.6 Å². The number of aromatic amines is 1. The second kappa shape index (κ2) is 7.90. The summed E-state index contributed by atoms with van der Waals surface area (Å²) in [5.41, 5.74) is -0.733. The summed E-state index contributed by atoms with van der Waals surface area (Å²) in [6, 6.07) is 20.8. The summed E-state index contributed by atoms with van der Waals surface area (Å²) in [5, 5.41) is 23.5. The van der Waals surface area contributed by atoms with Gasteiger partial charge in [-0.15, -0.1) is 0 Å². The molecule has 3 aliphatic rings. The Labute approximate surface area is 218 Å². The summed E-state index contributed by atoms with van der Waals surface area (Å²) in [5.74, 6) is -1.73. The van der Waals surface area contributed by atoms with Crippen molar-refractivity contribution < 1.29 is 24.2 Å². The minimum absolute atomic E-state index is 0.234. The number of aliphatic hydroxyl groups excluding tert-OH is 1. The highest BCUT2D eigenvalue weighted by Crippen LogP contribution is 2.62. The number of nitriles is 1. The van der Waals surface area contributed by atoms with E-state index >= 15 is 0 Å². The van der Waals surface area contributed by atoms with Crippen molar-refractivity contribution in [2.24, 2.45) is 11.8 Å². The molecule has 3 aromatic carbocycles. The second-order valence-corrected chi connectivity index (χ2v) is 10.6. The topological polar surface area (TPSA) is 116 Å². The maximum atomic E-state index is 14.0. The molecule has 8 heteroatoms. The lowest BCUT2D eigenvalue weighted by molar-refractivity contribution is -0.134. The number of ether oxygens (including phenoxy) is 2. The van der Waals surface area contributed by atoms with Crippen LogP contribution in [0.5, 0.6) is 5.75 Å². The third kappa shape index (κ3) is 2.91. The molecule has 1 aromatic heterocycles. The van der Waals surface area contributed by atoms with Gasteiger partial charge >= 0.3 is 0 Å². The van der Waals surface area contributed by atoms with E-state index in [9.17, 15) is 20.0 Å². The number of benzene rings is 3.